The van der Waals surface area contributed by atoms with Crippen molar-refractivity contribution in [2.75, 3.05) is 12.8 Å². The quantitative estimate of drug-likeness (QED) is 0.806. The van der Waals surface area contributed by atoms with Crippen LogP contribution < -0.4 is 5.32 Å². The number of aromatic nitrogens is 2. The second-order valence-electron chi connectivity index (χ2n) is 4.99. The zero-order valence-corrected chi connectivity index (χ0v) is 14.3. The van der Waals surface area contributed by atoms with Crippen molar-refractivity contribution in [3.63, 3.8) is 0 Å². The monoisotopic (exact) mass is 328 g/mol. The molecule has 110 valence electrons. The fraction of sp³-hybridized carbons (Fsp3) is 0.769. The number of nitrogens with zero attached hydrogens (tertiary/aromatic N) is 3. The maximum absolute atomic E-state index is 9.54. The standard InChI is InChI=1S/C13H20N4S3/c1-3-7-15-13(9-14)6-4-5-10(8-13)19-12-17-16-11(18-2)20-12/h10,15H,3-8H2,1-2H3. The van der Waals surface area contributed by atoms with Crippen LogP contribution in [-0.4, -0.2) is 33.8 Å². The van der Waals surface area contributed by atoms with Crippen molar-refractivity contribution in [2.24, 2.45) is 0 Å². The lowest BCUT2D eigenvalue weighted by Gasteiger charge is -2.35. The minimum Gasteiger partial charge on any atom is -0.299 e. The summed E-state index contributed by atoms with van der Waals surface area (Å²) in [4.78, 5) is 0. The van der Waals surface area contributed by atoms with Gasteiger partial charge in [0.1, 0.15) is 5.54 Å². The molecule has 1 aliphatic rings. The van der Waals surface area contributed by atoms with Crippen molar-refractivity contribution in [2.45, 2.75) is 58.5 Å². The highest BCUT2D eigenvalue weighted by Gasteiger charge is 2.36. The van der Waals surface area contributed by atoms with E-state index in [0.717, 1.165) is 47.3 Å². The van der Waals surface area contributed by atoms with E-state index in [0.29, 0.717) is 5.25 Å². The highest BCUT2D eigenvalue weighted by atomic mass is 32.2. The van der Waals surface area contributed by atoms with Crippen molar-refractivity contribution >= 4 is 34.9 Å². The summed E-state index contributed by atoms with van der Waals surface area (Å²) in [6.07, 6.45) is 7.22. The van der Waals surface area contributed by atoms with Gasteiger partial charge in [-0.3, -0.25) is 5.32 Å². The van der Waals surface area contributed by atoms with E-state index >= 15 is 0 Å². The predicted molar refractivity (Wildman–Crippen MR) is 86.4 cm³/mol. The SMILES string of the molecule is CCCNC1(C#N)CCCC(Sc2nnc(SC)s2)C1. The Morgan fingerprint density at radius 2 is 2.30 bits per heavy atom. The molecule has 1 aromatic heterocycles. The molecule has 0 radical (unpaired) electrons. The molecule has 1 heterocycles. The molecule has 0 amide bonds. The normalized spacial score (nSPS) is 26.4. The Labute approximate surface area is 133 Å². The molecule has 2 rings (SSSR count). The second-order valence-corrected chi connectivity index (χ2v) is 8.57. The zero-order chi connectivity index (χ0) is 14.4. The average Bonchev–Trinajstić information content (AvgIpc) is 2.93. The lowest BCUT2D eigenvalue weighted by atomic mass is 9.82. The number of hydrogen-bond donors (Lipinski definition) is 1. The third-order valence-electron chi connectivity index (χ3n) is 3.46. The summed E-state index contributed by atoms with van der Waals surface area (Å²) in [6.45, 7) is 3.05. The fourth-order valence-electron chi connectivity index (χ4n) is 2.46. The van der Waals surface area contributed by atoms with E-state index in [-0.39, 0.29) is 5.54 Å². The van der Waals surface area contributed by atoms with Gasteiger partial charge in [0.25, 0.3) is 0 Å². The molecule has 0 spiro atoms. The number of nitriles is 1. The smallest absolute Gasteiger partial charge is 0.175 e. The number of nitrogens with one attached hydrogen (secondary N) is 1. The van der Waals surface area contributed by atoms with Crippen LogP contribution in [0.1, 0.15) is 39.0 Å². The van der Waals surface area contributed by atoms with E-state index in [1.54, 1.807) is 34.9 Å². The van der Waals surface area contributed by atoms with Gasteiger partial charge in [0, 0.05) is 5.25 Å². The third kappa shape index (κ3) is 4.10. The van der Waals surface area contributed by atoms with Gasteiger partial charge in [-0.2, -0.15) is 5.26 Å². The summed E-state index contributed by atoms with van der Waals surface area (Å²) in [5.74, 6) is 0. The Balaban J connectivity index is 1.97. The van der Waals surface area contributed by atoms with Crippen LogP contribution in [0.25, 0.3) is 0 Å². The van der Waals surface area contributed by atoms with Crippen LogP contribution in [0.15, 0.2) is 8.68 Å². The molecular formula is C13H20N4S3. The molecule has 0 saturated heterocycles. The number of thioether (sulfide) groups is 2. The first kappa shape index (κ1) is 16.1. The maximum atomic E-state index is 9.54. The molecule has 20 heavy (non-hydrogen) atoms. The highest BCUT2D eigenvalue weighted by molar-refractivity contribution is 8.03. The van der Waals surface area contributed by atoms with Crippen LogP contribution >= 0.6 is 34.9 Å². The Morgan fingerprint density at radius 1 is 1.50 bits per heavy atom. The van der Waals surface area contributed by atoms with E-state index in [1.165, 1.54) is 0 Å². The minimum absolute atomic E-state index is 0.334. The van der Waals surface area contributed by atoms with Crippen LogP contribution in [0.2, 0.25) is 0 Å². The van der Waals surface area contributed by atoms with Gasteiger partial charge in [-0.1, -0.05) is 41.8 Å². The predicted octanol–water partition coefficient (Wildman–Crippen LogP) is 3.56. The summed E-state index contributed by atoms with van der Waals surface area (Å²) in [5.41, 5.74) is -0.334. The van der Waals surface area contributed by atoms with Gasteiger partial charge in [0.2, 0.25) is 0 Å². The van der Waals surface area contributed by atoms with Crippen LogP contribution in [0.3, 0.4) is 0 Å². The van der Waals surface area contributed by atoms with Crippen LogP contribution in [0.4, 0.5) is 0 Å². The average molecular weight is 329 g/mol. The van der Waals surface area contributed by atoms with Gasteiger partial charge >= 0.3 is 0 Å². The molecule has 0 aromatic carbocycles. The van der Waals surface area contributed by atoms with Crippen molar-refractivity contribution in [3.8, 4) is 6.07 Å². The number of rotatable bonds is 6. The van der Waals surface area contributed by atoms with Crippen molar-refractivity contribution in [1.82, 2.24) is 15.5 Å². The third-order valence-corrected chi connectivity index (χ3v) is 6.71. The molecule has 1 fully saturated rings. The van der Waals surface area contributed by atoms with E-state index in [4.69, 9.17) is 0 Å². The van der Waals surface area contributed by atoms with Crippen molar-refractivity contribution in [3.05, 3.63) is 0 Å². The highest BCUT2D eigenvalue weighted by Crippen LogP contribution is 2.39. The molecule has 7 heteroatoms. The van der Waals surface area contributed by atoms with Crippen LogP contribution in [0.5, 0.6) is 0 Å². The van der Waals surface area contributed by atoms with E-state index in [9.17, 15) is 5.26 Å². The summed E-state index contributed by atoms with van der Waals surface area (Å²) < 4.78 is 2.04. The molecular weight excluding hydrogens is 308 g/mol. The molecule has 1 N–H and O–H groups in total. The van der Waals surface area contributed by atoms with Gasteiger partial charge in [0.15, 0.2) is 8.68 Å². The van der Waals surface area contributed by atoms with Gasteiger partial charge in [0.05, 0.1) is 6.07 Å². The molecule has 0 aliphatic heterocycles. The van der Waals surface area contributed by atoms with Crippen LogP contribution in [0, 0.1) is 11.3 Å². The molecule has 0 bridgehead atoms. The topological polar surface area (TPSA) is 61.6 Å². The largest absolute Gasteiger partial charge is 0.299 e. The molecule has 2 unspecified atom stereocenters. The van der Waals surface area contributed by atoms with Gasteiger partial charge in [-0.05, 0) is 44.9 Å². The van der Waals surface area contributed by atoms with Gasteiger partial charge in [-0.25, -0.2) is 0 Å². The summed E-state index contributed by atoms with van der Waals surface area (Å²) >= 11 is 5.08. The van der Waals surface area contributed by atoms with Crippen molar-refractivity contribution in [1.29, 1.82) is 5.26 Å². The molecule has 2 atom stereocenters. The lowest BCUT2D eigenvalue weighted by molar-refractivity contribution is 0.305. The number of hydrogen-bond acceptors (Lipinski definition) is 7. The van der Waals surface area contributed by atoms with E-state index < -0.39 is 0 Å². The zero-order valence-electron chi connectivity index (χ0n) is 11.9. The van der Waals surface area contributed by atoms with E-state index in [1.807, 2.05) is 6.26 Å². The van der Waals surface area contributed by atoms with E-state index in [2.05, 4.69) is 28.5 Å². The molecule has 1 aromatic rings. The van der Waals surface area contributed by atoms with Crippen LogP contribution in [-0.2, 0) is 0 Å². The lowest BCUT2D eigenvalue weighted by Crippen LogP contribution is -2.48. The second kappa shape index (κ2) is 7.64. The summed E-state index contributed by atoms with van der Waals surface area (Å²) in [6, 6.07) is 2.52. The van der Waals surface area contributed by atoms with Crippen molar-refractivity contribution < 1.29 is 0 Å². The first-order chi connectivity index (χ1) is 9.71. The first-order valence-corrected chi connectivity index (χ1v) is 9.84. The Bertz CT molecular complexity index is 470. The molecule has 4 nitrogen and oxygen atoms in total. The fourth-order valence-corrected chi connectivity index (χ4v) is 5.49. The maximum Gasteiger partial charge on any atom is 0.175 e. The molecule has 1 saturated carbocycles. The van der Waals surface area contributed by atoms with Gasteiger partial charge < -0.3 is 0 Å². The Morgan fingerprint density at radius 3 is 2.95 bits per heavy atom. The Hall–Kier alpha value is -0.290. The summed E-state index contributed by atoms with van der Waals surface area (Å²) in [5, 5.41) is 21.8. The van der Waals surface area contributed by atoms with Gasteiger partial charge in [-0.15, -0.1) is 10.2 Å². The first-order valence-electron chi connectivity index (χ1n) is 6.92. The Kier molecular flexibility index (Phi) is 6.15. The summed E-state index contributed by atoms with van der Waals surface area (Å²) in [7, 11) is 0. The molecule has 1 aliphatic carbocycles. The minimum atomic E-state index is -0.334.